The van der Waals surface area contributed by atoms with Crippen molar-refractivity contribution < 1.29 is 9.53 Å². The number of anilines is 2. The molecule has 0 aromatic heterocycles. The zero-order valence-corrected chi connectivity index (χ0v) is 10.2. The highest BCUT2D eigenvalue weighted by Crippen LogP contribution is 2.36. The van der Waals surface area contributed by atoms with Gasteiger partial charge in [0, 0.05) is 12.1 Å². The quantitative estimate of drug-likeness (QED) is 0.765. The zero-order valence-electron chi connectivity index (χ0n) is 9.44. The molecule has 2 unspecified atom stereocenters. The van der Waals surface area contributed by atoms with Crippen LogP contribution >= 0.6 is 11.6 Å². The molecule has 1 amide bonds. The van der Waals surface area contributed by atoms with E-state index in [4.69, 9.17) is 16.3 Å². The lowest BCUT2D eigenvalue weighted by Gasteiger charge is -2.26. The summed E-state index contributed by atoms with van der Waals surface area (Å²) in [4.78, 5) is 14.2. The van der Waals surface area contributed by atoms with Gasteiger partial charge in [0.2, 0.25) is 5.91 Å². The molecule has 1 saturated heterocycles. The van der Waals surface area contributed by atoms with E-state index in [1.54, 1.807) is 6.07 Å². The van der Waals surface area contributed by atoms with Crippen LogP contribution in [0.3, 0.4) is 0 Å². The number of halogens is 1. The number of benzene rings is 1. The minimum Gasteiger partial charge on any atom is -0.378 e. The Kier molecular flexibility index (Phi) is 2.49. The molecule has 2 atom stereocenters. The summed E-state index contributed by atoms with van der Waals surface area (Å²) in [7, 11) is 1.99. The fourth-order valence-corrected chi connectivity index (χ4v) is 2.67. The first-order valence-electron chi connectivity index (χ1n) is 5.58. The van der Waals surface area contributed by atoms with Crippen molar-refractivity contribution in [1.29, 1.82) is 0 Å². The van der Waals surface area contributed by atoms with Crippen LogP contribution in [-0.2, 0) is 9.53 Å². The van der Waals surface area contributed by atoms with Crippen LogP contribution in [-0.4, -0.2) is 32.2 Å². The molecule has 0 spiro atoms. The van der Waals surface area contributed by atoms with Gasteiger partial charge in [-0.3, -0.25) is 4.79 Å². The van der Waals surface area contributed by atoms with E-state index < -0.39 is 0 Å². The van der Waals surface area contributed by atoms with E-state index >= 15 is 0 Å². The summed E-state index contributed by atoms with van der Waals surface area (Å²) in [6, 6.07) is 5.66. The van der Waals surface area contributed by atoms with Gasteiger partial charge in [-0.1, -0.05) is 11.6 Å². The molecule has 1 fully saturated rings. The van der Waals surface area contributed by atoms with Crippen molar-refractivity contribution in [2.45, 2.75) is 6.04 Å². The maximum Gasteiger partial charge on any atom is 0.232 e. The molecule has 0 saturated carbocycles. The first-order chi connectivity index (χ1) is 8.16. The van der Waals surface area contributed by atoms with Crippen LogP contribution in [0.2, 0.25) is 5.02 Å². The molecule has 4 nitrogen and oxygen atoms in total. The number of hydrogen-bond acceptors (Lipinski definition) is 3. The van der Waals surface area contributed by atoms with E-state index in [0.717, 1.165) is 11.4 Å². The van der Waals surface area contributed by atoms with Crippen LogP contribution in [0.15, 0.2) is 18.2 Å². The average Bonchev–Trinajstić information content (AvgIpc) is 2.74. The lowest BCUT2D eigenvalue weighted by molar-refractivity contribution is -0.120. The molecular formula is C12H13ClN2O2. The van der Waals surface area contributed by atoms with E-state index in [-0.39, 0.29) is 17.9 Å². The molecule has 0 radical (unpaired) electrons. The second kappa shape index (κ2) is 3.89. The summed E-state index contributed by atoms with van der Waals surface area (Å²) in [6.07, 6.45) is 0. The Morgan fingerprint density at radius 1 is 1.47 bits per heavy atom. The number of likely N-dealkylation sites (N-methyl/N-ethyl adjacent to an activating group) is 1. The number of amides is 1. The molecule has 17 heavy (non-hydrogen) atoms. The first-order valence-corrected chi connectivity index (χ1v) is 5.95. The zero-order chi connectivity index (χ0) is 12.0. The van der Waals surface area contributed by atoms with Crippen LogP contribution in [0.1, 0.15) is 0 Å². The maximum atomic E-state index is 12.1. The molecule has 2 aliphatic heterocycles. The van der Waals surface area contributed by atoms with Crippen molar-refractivity contribution in [2.75, 3.05) is 30.5 Å². The number of fused-ring (bicyclic) bond motifs is 2. The van der Waals surface area contributed by atoms with Crippen molar-refractivity contribution in [3.8, 4) is 0 Å². The minimum absolute atomic E-state index is 0.0142. The van der Waals surface area contributed by atoms with Gasteiger partial charge in [0.25, 0.3) is 0 Å². The predicted molar refractivity (Wildman–Crippen MR) is 66.6 cm³/mol. The molecule has 5 heteroatoms. The third-order valence-corrected chi connectivity index (χ3v) is 3.72. The normalized spacial score (nSPS) is 27.2. The summed E-state index contributed by atoms with van der Waals surface area (Å²) in [5.41, 5.74) is 1.76. The molecule has 90 valence electrons. The van der Waals surface area contributed by atoms with Crippen LogP contribution in [0.25, 0.3) is 0 Å². The number of carbonyl (C=O) groups is 1. The van der Waals surface area contributed by atoms with Gasteiger partial charge in [0.05, 0.1) is 36.5 Å². The Morgan fingerprint density at radius 3 is 3.12 bits per heavy atom. The van der Waals surface area contributed by atoms with E-state index in [9.17, 15) is 4.79 Å². The highest BCUT2D eigenvalue weighted by molar-refractivity contribution is 6.31. The Labute approximate surface area is 104 Å². The molecule has 2 aliphatic rings. The van der Waals surface area contributed by atoms with Gasteiger partial charge in [-0.05, 0) is 18.2 Å². The summed E-state index contributed by atoms with van der Waals surface area (Å²) in [5, 5.41) is 3.55. The lowest BCUT2D eigenvalue weighted by atomic mass is 10.0. The molecular weight excluding hydrogens is 240 g/mol. The van der Waals surface area contributed by atoms with E-state index in [0.29, 0.717) is 18.2 Å². The molecule has 1 N–H and O–H groups in total. The van der Waals surface area contributed by atoms with Gasteiger partial charge in [-0.2, -0.15) is 0 Å². The summed E-state index contributed by atoms with van der Waals surface area (Å²) in [6.45, 7) is 1.08. The SMILES string of the molecule is CN1c2ccc(Cl)cc2NC(=O)C2COCC21. The molecule has 1 aromatic rings. The molecule has 3 rings (SSSR count). The summed E-state index contributed by atoms with van der Waals surface area (Å²) in [5.74, 6) is -0.0912. The van der Waals surface area contributed by atoms with Gasteiger partial charge >= 0.3 is 0 Å². The number of carbonyl (C=O) groups excluding carboxylic acids is 1. The number of hydrogen-bond donors (Lipinski definition) is 1. The Morgan fingerprint density at radius 2 is 2.29 bits per heavy atom. The number of nitrogens with one attached hydrogen (secondary N) is 1. The second-order valence-corrected chi connectivity index (χ2v) is 4.91. The maximum absolute atomic E-state index is 12.1. The van der Waals surface area contributed by atoms with Crippen LogP contribution in [0.4, 0.5) is 11.4 Å². The summed E-state index contributed by atoms with van der Waals surface area (Å²) < 4.78 is 5.40. The average molecular weight is 253 g/mol. The van der Waals surface area contributed by atoms with E-state index in [1.165, 1.54) is 0 Å². The van der Waals surface area contributed by atoms with Gasteiger partial charge in [0.1, 0.15) is 0 Å². The molecule has 2 heterocycles. The van der Waals surface area contributed by atoms with Gasteiger partial charge < -0.3 is 15.0 Å². The van der Waals surface area contributed by atoms with Gasteiger partial charge in [-0.25, -0.2) is 0 Å². The fraction of sp³-hybridized carbons (Fsp3) is 0.417. The number of nitrogens with zero attached hydrogens (tertiary/aromatic N) is 1. The Bertz CT molecular complexity index is 478. The standard InChI is InChI=1S/C12H13ClN2O2/c1-15-10-3-2-7(13)4-9(10)14-12(16)8-5-17-6-11(8)15/h2-4,8,11H,5-6H2,1H3,(H,14,16). The van der Waals surface area contributed by atoms with Gasteiger partial charge in [-0.15, -0.1) is 0 Å². The highest BCUT2D eigenvalue weighted by Gasteiger charge is 2.39. The van der Waals surface area contributed by atoms with Crippen molar-refractivity contribution in [1.82, 2.24) is 0 Å². The van der Waals surface area contributed by atoms with Crippen LogP contribution < -0.4 is 10.2 Å². The highest BCUT2D eigenvalue weighted by atomic mass is 35.5. The van der Waals surface area contributed by atoms with Crippen molar-refractivity contribution in [3.05, 3.63) is 23.2 Å². The number of rotatable bonds is 0. The van der Waals surface area contributed by atoms with Gasteiger partial charge in [0.15, 0.2) is 0 Å². The molecule has 0 bridgehead atoms. The Hall–Kier alpha value is -1.26. The van der Waals surface area contributed by atoms with Crippen LogP contribution in [0.5, 0.6) is 0 Å². The second-order valence-electron chi connectivity index (χ2n) is 4.47. The smallest absolute Gasteiger partial charge is 0.232 e. The molecule has 0 aliphatic carbocycles. The largest absolute Gasteiger partial charge is 0.378 e. The fourth-order valence-electron chi connectivity index (χ4n) is 2.50. The first kappa shape index (κ1) is 10.9. The van der Waals surface area contributed by atoms with Crippen molar-refractivity contribution >= 4 is 28.9 Å². The monoisotopic (exact) mass is 252 g/mol. The van der Waals surface area contributed by atoms with Crippen molar-refractivity contribution in [2.24, 2.45) is 5.92 Å². The minimum atomic E-state index is -0.105. The van der Waals surface area contributed by atoms with E-state index in [2.05, 4.69) is 10.2 Å². The lowest BCUT2D eigenvalue weighted by Crippen LogP contribution is -2.40. The predicted octanol–water partition coefficient (Wildman–Crippen LogP) is 1.74. The number of ether oxygens (including phenoxy) is 1. The third-order valence-electron chi connectivity index (χ3n) is 3.48. The van der Waals surface area contributed by atoms with Crippen molar-refractivity contribution in [3.63, 3.8) is 0 Å². The van der Waals surface area contributed by atoms with Crippen LogP contribution in [0, 0.1) is 5.92 Å². The topological polar surface area (TPSA) is 41.6 Å². The Balaban J connectivity index is 2.08. The molecule has 1 aromatic carbocycles. The summed E-state index contributed by atoms with van der Waals surface area (Å²) >= 11 is 5.95. The van der Waals surface area contributed by atoms with E-state index in [1.807, 2.05) is 19.2 Å². The third kappa shape index (κ3) is 1.68.